The van der Waals surface area contributed by atoms with Gasteiger partial charge in [-0.05, 0) is 148 Å². The topological polar surface area (TPSA) is 154 Å². The second-order valence-corrected chi connectivity index (χ2v) is 20.4. The second-order valence-electron chi connectivity index (χ2n) is 20.4. The molecular formula is C54H75N3O9. The van der Waals surface area contributed by atoms with Crippen molar-refractivity contribution in [2.75, 3.05) is 0 Å². The molecule has 0 aliphatic carbocycles. The highest BCUT2D eigenvalue weighted by Gasteiger charge is 2.30. The summed E-state index contributed by atoms with van der Waals surface area (Å²) in [6.07, 6.45) is 3.34. The minimum atomic E-state index is -1.27. The van der Waals surface area contributed by atoms with E-state index in [1.807, 2.05) is 120 Å². The van der Waals surface area contributed by atoms with Crippen LogP contribution in [-0.4, -0.2) is 29.0 Å². The first-order valence-electron chi connectivity index (χ1n) is 23.1. The average Bonchev–Trinajstić information content (AvgIpc) is 3.18. The molecule has 0 fully saturated rings. The third-order valence-electron chi connectivity index (χ3n) is 11.6. The normalized spacial score (nSPS) is 14.5. The van der Waals surface area contributed by atoms with Gasteiger partial charge >= 0.3 is 17.1 Å². The van der Waals surface area contributed by atoms with Crippen molar-refractivity contribution in [2.24, 2.45) is 0 Å². The first-order chi connectivity index (χ1) is 30.5. The highest BCUT2D eigenvalue weighted by Crippen LogP contribution is 2.40. The Bertz CT molecular complexity index is 2380. The van der Waals surface area contributed by atoms with Crippen molar-refractivity contribution >= 4 is 17.3 Å². The van der Waals surface area contributed by atoms with Gasteiger partial charge in [0.15, 0.2) is 18.7 Å². The fourth-order valence-electron chi connectivity index (χ4n) is 7.97. The monoisotopic (exact) mass is 910 g/mol. The fourth-order valence-corrected chi connectivity index (χ4v) is 7.97. The number of aromatic nitrogens is 3. The van der Waals surface area contributed by atoms with Crippen molar-refractivity contribution in [3.8, 4) is 17.2 Å². The van der Waals surface area contributed by atoms with Crippen LogP contribution in [0.1, 0.15) is 192 Å². The van der Waals surface area contributed by atoms with E-state index in [0.717, 1.165) is 13.7 Å². The maximum atomic E-state index is 14.9. The maximum absolute atomic E-state index is 14.9. The molecule has 0 aliphatic heterocycles. The molecule has 3 atom stereocenters. The largest absolute Gasteiger partial charge is 0.507 e. The zero-order valence-electron chi connectivity index (χ0n) is 42.7. The molecule has 0 bridgehead atoms. The molecular weight excluding hydrogens is 835 g/mol. The van der Waals surface area contributed by atoms with Gasteiger partial charge in [0.25, 0.3) is 0 Å². The lowest BCUT2D eigenvalue weighted by Crippen LogP contribution is -2.57. The molecule has 66 heavy (non-hydrogen) atoms. The number of aromatic hydroxyl groups is 3. The van der Waals surface area contributed by atoms with Crippen molar-refractivity contribution in [3.63, 3.8) is 0 Å². The number of nitrogens with zero attached hydrogens (tertiary/aromatic N) is 3. The zero-order valence-corrected chi connectivity index (χ0v) is 42.7. The highest BCUT2D eigenvalue weighted by molar-refractivity contribution is 5.66. The summed E-state index contributed by atoms with van der Waals surface area (Å²) in [7, 11) is 0. The highest BCUT2D eigenvalue weighted by atomic mass is 16.5. The quantitative estimate of drug-likeness (QED) is 0.0989. The van der Waals surface area contributed by atoms with Crippen LogP contribution in [0.3, 0.4) is 0 Å². The molecule has 360 valence electrons. The Morgan fingerprint density at radius 1 is 0.470 bits per heavy atom. The molecule has 1 aromatic heterocycles. The van der Waals surface area contributed by atoms with E-state index in [9.17, 15) is 29.7 Å². The lowest BCUT2D eigenvalue weighted by molar-refractivity contribution is 0.0560. The van der Waals surface area contributed by atoms with Crippen LogP contribution in [0, 0.1) is 20.8 Å². The number of benzene rings is 3. The van der Waals surface area contributed by atoms with Gasteiger partial charge in [-0.3, -0.25) is 0 Å². The number of aryl methyl sites for hydroxylation is 3. The molecule has 0 spiro atoms. The molecule has 3 aromatic carbocycles. The van der Waals surface area contributed by atoms with E-state index >= 15 is 0 Å². The minimum absolute atomic E-state index is 0.173. The zero-order chi connectivity index (χ0) is 50.0. The van der Waals surface area contributed by atoms with Gasteiger partial charge in [-0.2, -0.15) is 0 Å². The summed E-state index contributed by atoms with van der Waals surface area (Å²) in [6, 6.07) is 10.9. The summed E-state index contributed by atoms with van der Waals surface area (Å²) >= 11 is 0. The van der Waals surface area contributed by atoms with Gasteiger partial charge < -0.3 is 29.5 Å². The van der Waals surface area contributed by atoms with Crippen LogP contribution < -0.4 is 17.1 Å². The maximum Gasteiger partial charge on any atom is 0.342 e. The number of allylic oxidation sites excluding steroid dienone is 3. The summed E-state index contributed by atoms with van der Waals surface area (Å²) in [5.41, 5.74) is 1.73. The summed E-state index contributed by atoms with van der Waals surface area (Å²) in [6.45, 7) is 33.9. The molecule has 12 nitrogen and oxygen atoms in total. The number of phenolic OH excluding ortho intramolecular Hbond substituents is 3. The molecule has 4 aromatic rings. The van der Waals surface area contributed by atoms with E-state index < -0.39 is 52.0 Å². The Morgan fingerprint density at radius 2 is 0.682 bits per heavy atom. The van der Waals surface area contributed by atoms with E-state index in [1.54, 1.807) is 59.7 Å². The first-order valence-corrected chi connectivity index (χ1v) is 23.1. The van der Waals surface area contributed by atoms with Crippen LogP contribution in [0.25, 0.3) is 17.3 Å². The number of hydrogen-bond donors (Lipinski definition) is 3. The van der Waals surface area contributed by atoms with E-state index in [1.165, 1.54) is 0 Å². The predicted octanol–water partition coefficient (Wildman–Crippen LogP) is 12.1. The molecule has 3 unspecified atom stereocenters. The Labute approximate surface area is 391 Å². The van der Waals surface area contributed by atoms with Crippen LogP contribution in [0.2, 0.25) is 0 Å². The predicted molar refractivity (Wildman–Crippen MR) is 266 cm³/mol. The van der Waals surface area contributed by atoms with Crippen molar-refractivity contribution in [1.29, 1.82) is 0 Å². The number of ether oxygens (including phenoxy) is 3. The van der Waals surface area contributed by atoms with Gasteiger partial charge in [0, 0.05) is 33.4 Å². The van der Waals surface area contributed by atoms with Crippen LogP contribution in [0.5, 0.6) is 17.2 Å². The van der Waals surface area contributed by atoms with Crippen molar-refractivity contribution < 1.29 is 29.5 Å². The van der Waals surface area contributed by atoms with E-state index in [0.29, 0.717) is 86.6 Å². The van der Waals surface area contributed by atoms with Crippen molar-refractivity contribution in [2.45, 2.75) is 179 Å². The molecule has 0 amide bonds. The Morgan fingerprint density at radius 3 is 0.864 bits per heavy atom. The second kappa shape index (κ2) is 20.3. The Hall–Kier alpha value is -5.91. The molecule has 0 saturated heterocycles. The Balaban J connectivity index is 2.00. The molecule has 0 radical (unpaired) electrons. The van der Waals surface area contributed by atoms with E-state index in [4.69, 9.17) is 14.2 Å². The van der Waals surface area contributed by atoms with Gasteiger partial charge in [0.05, 0.1) is 0 Å². The van der Waals surface area contributed by atoms with Crippen LogP contribution in [0.15, 0.2) is 69.0 Å². The summed E-state index contributed by atoms with van der Waals surface area (Å²) in [5, 5.41) is 33.1. The number of phenols is 3. The molecule has 0 saturated carbocycles. The van der Waals surface area contributed by atoms with Crippen molar-refractivity contribution in [1.82, 2.24) is 13.7 Å². The van der Waals surface area contributed by atoms with Crippen LogP contribution in [0.4, 0.5) is 0 Å². The minimum Gasteiger partial charge on any atom is -0.507 e. The lowest BCUT2D eigenvalue weighted by atomic mass is 9.84. The van der Waals surface area contributed by atoms with Crippen LogP contribution in [-0.2, 0) is 30.5 Å². The third-order valence-corrected chi connectivity index (χ3v) is 11.6. The van der Waals surface area contributed by atoms with Gasteiger partial charge in [-0.1, -0.05) is 83.1 Å². The lowest BCUT2D eigenvalue weighted by Gasteiger charge is -2.28. The van der Waals surface area contributed by atoms with Gasteiger partial charge in [-0.25, -0.2) is 28.1 Å². The molecule has 1 heterocycles. The molecule has 0 aliphatic rings. The smallest absolute Gasteiger partial charge is 0.342 e. The summed E-state index contributed by atoms with van der Waals surface area (Å²) < 4.78 is 22.4. The molecule has 3 N–H and O–H groups in total. The van der Waals surface area contributed by atoms with E-state index in [2.05, 4.69) is 0 Å². The van der Waals surface area contributed by atoms with Gasteiger partial charge in [0.1, 0.15) is 34.5 Å². The third kappa shape index (κ3) is 11.4. The standard InChI is InChI=1S/C54H75N3O9/c1-19-22-43(37-25-31(4)46(58)40(28-37)52(10,11)12)64-34(7)55-49(61)56(35(8)65-44(23-20-2)38-26-32(5)47(59)41(29-38)53(13,14)15)51(63)57(50(55)62)36(9)66-45(24-21-3)39-27-33(6)48(60)42(30-39)54(16,17)18/h22-30,34-36,58-60H,19-21H2,1-18H3/b43-22+,44-23+,45-24+. The fraction of sp³-hybridized carbons (Fsp3) is 0.500. The van der Waals surface area contributed by atoms with E-state index in [-0.39, 0.29) is 17.2 Å². The summed E-state index contributed by atoms with van der Waals surface area (Å²) in [5.74, 6) is 1.64. The average molecular weight is 910 g/mol. The first kappa shape index (κ1) is 52.7. The molecule has 4 rings (SSSR count). The molecule has 12 heteroatoms. The van der Waals surface area contributed by atoms with Gasteiger partial charge in [-0.15, -0.1) is 0 Å². The summed E-state index contributed by atoms with van der Waals surface area (Å²) in [4.78, 5) is 44.7. The SMILES string of the molecule is CC/C=C(/OC(C)n1c(=O)n(C(C)O/C(=C/CC)c2cc(C)c(O)c(C(C)(C)C)c2)c(=O)n(C(C)O/C(=C/CC)c2cc(C)c(O)c(C(C)(C)C)c2)c1=O)c1cc(C)c(O)c(C(C)(C)C)c1. The Kier molecular flexibility index (Phi) is 16.2. The number of hydrogen-bond acceptors (Lipinski definition) is 9. The van der Waals surface area contributed by atoms with Crippen molar-refractivity contribution in [3.05, 3.63) is 136 Å². The number of rotatable bonds is 15. The van der Waals surface area contributed by atoms with Gasteiger partial charge in [0.2, 0.25) is 0 Å². The van der Waals surface area contributed by atoms with Crippen LogP contribution >= 0.6 is 0 Å².